The predicted octanol–water partition coefficient (Wildman–Crippen LogP) is 4.12. The van der Waals surface area contributed by atoms with E-state index in [0.717, 1.165) is 10.0 Å². The summed E-state index contributed by atoms with van der Waals surface area (Å²) in [4.78, 5) is 12.7. The first-order valence-corrected chi connectivity index (χ1v) is 12.2. The number of hydrogen-bond donors (Lipinski definition) is 1. The highest BCUT2D eigenvalue weighted by Gasteiger charge is 2.32. The molecule has 1 aliphatic heterocycles. The highest BCUT2D eigenvalue weighted by molar-refractivity contribution is 9.10. The van der Waals surface area contributed by atoms with Crippen molar-refractivity contribution < 1.29 is 13.2 Å². The van der Waals surface area contributed by atoms with Gasteiger partial charge in [-0.15, -0.1) is 0 Å². The Hall–Kier alpha value is -2.03. The number of nitrogens with one attached hydrogen (secondary N) is 1. The normalized spacial score (nSPS) is 16.3. The first-order chi connectivity index (χ1) is 14.3. The standard InChI is InChI=1S/C22H26BrN3O3S/c1-16(2)18-5-3-17(4-6-18)15-24-25-22(27)19-11-13-26(14-12-19)30(28,29)21-9-7-20(23)8-10-21/h3-10,15-16,19H,11-14H2,1-2H3,(H,25,27)/b24-15-. The van der Waals surface area contributed by atoms with E-state index in [4.69, 9.17) is 0 Å². The van der Waals surface area contributed by atoms with E-state index < -0.39 is 10.0 Å². The van der Waals surface area contributed by atoms with Crippen LogP contribution in [0, 0.1) is 5.92 Å². The molecule has 1 fully saturated rings. The Morgan fingerprint density at radius 3 is 2.27 bits per heavy atom. The lowest BCUT2D eigenvalue weighted by Crippen LogP contribution is -2.42. The Balaban J connectivity index is 1.52. The lowest BCUT2D eigenvalue weighted by molar-refractivity contribution is -0.126. The Bertz CT molecular complexity index is 995. The maximum atomic E-state index is 12.8. The van der Waals surface area contributed by atoms with Crippen LogP contribution in [0.2, 0.25) is 0 Å². The molecule has 1 heterocycles. The van der Waals surface area contributed by atoms with Crippen LogP contribution >= 0.6 is 15.9 Å². The maximum Gasteiger partial charge on any atom is 0.243 e. The van der Waals surface area contributed by atoms with Gasteiger partial charge in [0, 0.05) is 23.5 Å². The second-order valence-corrected chi connectivity index (χ2v) is 10.5. The fourth-order valence-electron chi connectivity index (χ4n) is 3.34. The van der Waals surface area contributed by atoms with E-state index in [-0.39, 0.29) is 16.7 Å². The van der Waals surface area contributed by atoms with E-state index in [1.54, 1.807) is 30.5 Å². The zero-order valence-electron chi connectivity index (χ0n) is 17.1. The van der Waals surface area contributed by atoms with Crippen molar-refractivity contribution in [2.24, 2.45) is 11.0 Å². The van der Waals surface area contributed by atoms with Gasteiger partial charge in [-0.3, -0.25) is 4.79 Å². The number of nitrogens with zero attached hydrogens (tertiary/aromatic N) is 2. The molecule has 8 heteroatoms. The Labute approximate surface area is 186 Å². The van der Waals surface area contributed by atoms with Crippen LogP contribution in [0.4, 0.5) is 0 Å². The zero-order chi connectivity index (χ0) is 21.7. The van der Waals surface area contributed by atoms with Gasteiger partial charge in [0.25, 0.3) is 0 Å². The van der Waals surface area contributed by atoms with Gasteiger partial charge in [-0.25, -0.2) is 13.8 Å². The molecule has 0 saturated carbocycles. The summed E-state index contributed by atoms with van der Waals surface area (Å²) in [5.41, 5.74) is 4.75. The van der Waals surface area contributed by atoms with Gasteiger partial charge in [-0.05, 0) is 54.2 Å². The third kappa shape index (κ3) is 5.56. The van der Waals surface area contributed by atoms with E-state index in [9.17, 15) is 13.2 Å². The van der Waals surface area contributed by atoms with Crippen molar-refractivity contribution in [2.75, 3.05) is 13.1 Å². The summed E-state index contributed by atoms with van der Waals surface area (Å²) in [7, 11) is -3.54. The van der Waals surface area contributed by atoms with Crippen molar-refractivity contribution >= 4 is 38.1 Å². The van der Waals surface area contributed by atoms with Crippen LogP contribution in [0.3, 0.4) is 0 Å². The van der Waals surface area contributed by atoms with Crippen LogP contribution in [-0.2, 0) is 14.8 Å². The molecule has 2 aromatic carbocycles. The molecule has 0 aliphatic carbocycles. The van der Waals surface area contributed by atoms with E-state index in [0.29, 0.717) is 31.8 Å². The van der Waals surface area contributed by atoms with Crippen molar-refractivity contribution in [2.45, 2.75) is 37.5 Å². The summed E-state index contributed by atoms with van der Waals surface area (Å²) in [6.45, 7) is 4.91. The summed E-state index contributed by atoms with van der Waals surface area (Å²) >= 11 is 3.31. The minimum absolute atomic E-state index is 0.175. The third-order valence-electron chi connectivity index (χ3n) is 5.27. The topological polar surface area (TPSA) is 78.8 Å². The number of halogens is 1. The van der Waals surface area contributed by atoms with Crippen LogP contribution in [0.15, 0.2) is 63.0 Å². The van der Waals surface area contributed by atoms with E-state index in [2.05, 4.69) is 52.4 Å². The summed E-state index contributed by atoms with van der Waals surface area (Å²) in [6.07, 6.45) is 2.57. The van der Waals surface area contributed by atoms with Crippen LogP contribution in [0.25, 0.3) is 0 Å². The molecular formula is C22H26BrN3O3S. The van der Waals surface area contributed by atoms with E-state index in [1.165, 1.54) is 9.87 Å². The molecular weight excluding hydrogens is 466 g/mol. The quantitative estimate of drug-likeness (QED) is 0.487. The molecule has 160 valence electrons. The van der Waals surface area contributed by atoms with E-state index in [1.807, 2.05) is 12.1 Å². The van der Waals surface area contributed by atoms with Gasteiger partial charge in [0.05, 0.1) is 11.1 Å². The average molecular weight is 492 g/mol. The first-order valence-electron chi connectivity index (χ1n) is 9.96. The SMILES string of the molecule is CC(C)c1ccc(/C=N\NC(=O)C2CCN(S(=O)(=O)c3ccc(Br)cc3)CC2)cc1. The van der Waals surface area contributed by atoms with E-state index >= 15 is 0 Å². The number of hydrazone groups is 1. The third-order valence-corrected chi connectivity index (χ3v) is 7.71. The van der Waals surface area contributed by atoms with Gasteiger partial charge < -0.3 is 0 Å². The molecule has 0 aromatic heterocycles. The van der Waals surface area contributed by atoms with Crippen LogP contribution in [0.1, 0.15) is 43.7 Å². The van der Waals surface area contributed by atoms with Crippen LogP contribution < -0.4 is 5.43 Å². The fourth-order valence-corrected chi connectivity index (χ4v) is 5.08. The number of carbonyl (C=O) groups excluding carboxylic acids is 1. The lowest BCUT2D eigenvalue weighted by atomic mass is 9.98. The molecule has 0 atom stereocenters. The van der Waals surface area contributed by atoms with Crippen molar-refractivity contribution in [3.8, 4) is 0 Å². The van der Waals surface area contributed by atoms with Gasteiger partial charge in [-0.1, -0.05) is 54.0 Å². The second-order valence-electron chi connectivity index (χ2n) is 7.69. The van der Waals surface area contributed by atoms with Crippen molar-refractivity contribution in [3.05, 3.63) is 64.1 Å². The van der Waals surface area contributed by atoms with Crippen LogP contribution in [0.5, 0.6) is 0 Å². The molecule has 0 spiro atoms. The molecule has 1 saturated heterocycles. The Morgan fingerprint density at radius 1 is 1.10 bits per heavy atom. The van der Waals surface area contributed by atoms with Gasteiger partial charge in [0.1, 0.15) is 0 Å². The second kappa shape index (κ2) is 9.85. The Morgan fingerprint density at radius 2 is 1.70 bits per heavy atom. The predicted molar refractivity (Wildman–Crippen MR) is 122 cm³/mol. The molecule has 1 N–H and O–H groups in total. The fraction of sp³-hybridized carbons (Fsp3) is 0.364. The van der Waals surface area contributed by atoms with Gasteiger partial charge >= 0.3 is 0 Å². The van der Waals surface area contributed by atoms with Crippen molar-refractivity contribution in [1.82, 2.24) is 9.73 Å². The highest BCUT2D eigenvalue weighted by Crippen LogP contribution is 2.25. The number of sulfonamides is 1. The molecule has 1 amide bonds. The summed E-state index contributed by atoms with van der Waals surface area (Å²) in [5, 5.41) is 4.05. The van der Waals surface area contributed by atoms with Crippen molar-refractivity contribution in [1.29, 1.82) is 0 Å². The summed E-state index contributed by atoms with van der Waals surface area (Å²) in [6, 6.07) is 14.6. The number of piperidine rings is 1. The molecule has 0 bridgehead atoms. The number of carbonyl (C=O) groups is 1. The lowest BCUT2D eigenvalue weighted by Gasteiger charge is -2.30. The van der Waals surface area contributed by atoms with Crippen LogP contribution in [-0.4, -0.2) is 37.9 Å². The minimum atomic E-state index is -3.54. The Kier molecular flexibility index (Phi) is 7.44. The number of hydrogen-bond acceptors (Lipinski definition) is 4. The molecule has 1 aliphatic rings. The molecule has 2 aromatic rings. The number of amides is 1. The van der Waals surface area contributed by atoms with Gasteiger partial charge in [-0.2, -0.15) is 9.41 Å². The van der Waals surface area contributed by atoms with Crippen molar-refractivity contribution in [3.63, 3.8) is 0 Å². The van der Waals surface area contributed by atoms with Gasteiger partial charge in [0.2, 0.25) is 15.9 Å². The maximum absolute atomic E-state index is 12.8. The summed E-state index contributed by atoms with van der Waals surface area (Å²) < 4.78 is 27.8. The molecule has 3 rings (SSSR count). The number of benzene rings is 2. The van der Waals surface area contributed by atoms with Gasteiger partial charge in [0.15, 0.2) is 0 Å². The first kappa shape index (κ1) is 22.7. The largest absolute Gasteiger partial charge is 0.273 e. The molecule has 30 heavy (non-hydrogen) atoms. The molecule has 6 nitrogen and oxygen atoms in total. The smallest absolute Gasteiger partial charge is 0.243 e. The highest BCUT2D eigenvalue weighted by atomic mass is 79.9. The zero-order valence-corrected chi connectivity index (χ0v) is 19.5. The monoisotopic (exact) mass is 491 g/mol. The number of rotatable bonds is 6. The summed E-state index contributed by atoms with van der Waals surface area (Å²) in [5.74, 6) is 0.0433. The molecule has 0 radical (unpaired) electrons. The molecule has 0 unspecified atom stereocenters. The minimum Gasteiger partial charge on any atom is -0.273 e. The average Bonchev–Trinajstić information content (AvgIpc) is 2.74.